The minimum absolute atomic E-state index is 0.0652. The van der Waals surface area contributed by atoms with Gasteiger partial charge in [0.15, 0.2) is 0 Å². The lowest BCUT2D eigenvalue weighted by Crippen LogP contribution is -2.50. The molecule has 0 saturated heterocycles. The Hall–Kier alpha value is -3.00. The molecule has 8 heteroatoms. The molecule has 0 bridgehead atoms. The summed E-state index contributed by atoms with van der Waals surface area (Å²) in [6.07, 6.45) is 4.69. The van der Waals surface area contributed by atoms with E-state index in [9.17, 15) is 14.7 Å². The fourth-order valence-corrected chi connectivity index (χ4v) is 3.41. The summed E-state index contributed by atoms with van der Waals surface area (Å²) in [5, 5.41) is 9.72. The maximum atomic E-state index is 13.4. The largest absolute Gasteiger partial charge is 0.472 e. The van der Waals surface area contributed by atoms with Gasteiger partial charge in [-0.2, -0.15) is 0 Å². The number of aromatic nitrogens is 2. The van der Waals surface area contributed by atoms with Gasteiger partial charge in [0, 0.05) is 56.2 Å². The Kier molecular flexibility index (Phi) is 6.66. The SMILES string of the molecule is CC(=O)N(C)C[C@@H]1Oc2ncc(-c3cccnc3)cc2C(=O)N([C@@H](C)CO)C[C@H]1C. The summed E-state index contributed by atoms with van der Waals surface area (Å²) < 4.78 is 6.16. The van der Waals surface area contributed by atoms with Gasteiger partial charge in [0.25, 0.3) is 5.91 Å². The van der Waals surface area contributed by atoms with E-state index in [4.69, 9.17) is 4.74 Å². The summed E-state index contributed by atoms with van der Waals surface area (Å²) in [4.78, 5) is 36.9. The van der Waals surface area contributed by atoms with E-state index >= 15 is 0 Å². The average Bonchev–Trinajstić information content (AvgIpc) is 2.75. The van der Waals surface area contributed by atoms with Crippen molar-refractivity contribution >= 4 is 11.8 Å². The summed E-state index contributed by atoms with van der Waals surface area (Å²) in [5.41, 5.74) is 1.92. The van der Waals surface area contributed by atoms with E-state index in [1.807, 2.05) is 26.0 Å². The monoisotopic (exact) mass is 412 g/mol. The highest BCUT2D eigenvalue weighted by Crippen LogP contribution is 2.30. The average molecular weight is 412 g/mol. The first-order valence-corrected chi connectivity index (χ1v) is 10.0. The second-order valence-electron chi connectivity index (χ2n) is 7.84. The van der Waals surface area contributed by atoms with Crippen LogP contribution in [0.25, 0.3) is 11.1 Å². The van der Waals surface area contributed by atoms with Crippen molar-refractivity contribution in [2.24, 2.45) is 5.92 Å². The van der Waals surface area contributed by atoms with Crippen LogP contribution < -0.4 is 4.74 Å². The Balaban J connectivity index is 2.05. The molecule has 0 unspecified atom stereocenters. The molecule has 0 radical (unpaired) electrons. The van der Waals surface area contributed by atoms with Gasteiger partial charge in [-0.3, -0.25) is 14.6 Å². The maximum Gasteiger partial charge on any atom is 0.259 e. The topological polar surface area (TPSA) is 95.9 Å². The van der Waals surface area contributed by atoms with E-state index in [2.05, 4.69) is 9.97 Å². The molecule has 1 N–H and O–H groups in total. The molecule has 8 nitrogen and oxygen atoms in total. The minimum atomic E-state index is -0.362. The molecule has 1 aliphatic heterocycles. The number of carbonyl (C=O) groups excluding carboxylic acids is 2. The number of likely N-dealkylation sites (N-methyl/N-ethyl adjacent to an activating group) is 1. The van der Waals surface area contributed by atoms with Crippen molar-refractivity contribution in [3.05, 3.63) is 42.4 Å². The van der Waals surface area contributed by atoms with E-state index < -0.39 is 0 Å². The van der Waals surface area contributed by atoms with Gasteiger partial charge in [-0.05, 0) is 19.1 Å². The third kappa shape index (κ3) is 4.59. The van der Waals surface area contributed by atoms with Crippen LogP contribution >= 0.6 is 0 Å². The Bertz CT molecular complexity index is 905. The summed E-state index contributed by atoms with van der Waals surface area (Å²) in [7, 11) is 1.72. The number of amides is 2. The molecular weight excluding hydrogens is 384 g/mol. The minimum Gasteiger partial charge on any atom is -0.472 e. The van der Waals surface area contributed by atoms with Gasteiger partial charge < -0.3 is 19.6 Å². The number of rotatable bonds is 5. The Morgan fingerprint density at radius 2 is 2.17 bits per heavy atom. The highest BCUT2D eigenvalue weighted by molar-refractivity contribution is 5.98. The molecule has 0 fully saturated rings. The van der Waals surface area contributed by atoms with Crippen LogP contribution in [-0.4, -0.2) is 75.6 Å². The number of ether oxygens (including phenoxy) is 1. The fourth-order valence-electron chi connectivity index (χ4n) is 3.41. The van der Waals surface area contributed by atoms with Crippen molar-refractivity contribution < 1.29 is 19.4 Å². The van der Waals surface area contributed by atoms with Crippen LogP contribution in [0.15, 0.2) is 36.8 Å². The highest BCUT2D eigenvalue weighted by atomic mass is 16.5. The summed E-state index contributed by atoms with van der Waals surface area (Å²) in [6, 6.07) is 5.10. The van der Waals surface area contributed by atoms with Crippen molar-refractivity contribution in [1.82, 2.24) is 19.8 Å². The van der Waals surface area contributed by atoms with Crippen molar-refractivity contribution in [2.75, 3.05) is 26.7 Å². The molecule has 3 heterocycles. The van der Waals surface area contributed by atoms with Gasteiger partial charge in [-0.25, -0.2) is 4.98 Å². The first kappa shape index (κ1) is 21.7. The Labute approximate surface area is 176 Å². The van der Waals surface area contributed by atoms with Gasteiger partial charge in [0.2, 0.25) is 11.8 Å². The van der Waals surface area contributed by atoms with Crippen LogP contribution in [0, 0.1) is 5.92 Å². The van der Waals surface area contributed by atoms with Gasteiger partial charge in [-0.15, -0.1) is 0 Å². The molecule has 2 amide bonds. The molecule has 3 atom stereocenters. The smallest absolute Gasteiger partial charge is 0.259 e. The van der Waals surface area contributed by atoms with Gasteiger partial charge >= 0.3 is 0 Å². The van der Waals surface area contributed by atoms with Gasteiger partial charge in [0.1, 0.15) is 11.7 Å². The zero-order valence-electron chi connectivity index (χ0n) is 17.8. The van der Waals surface area contributed by atoms with Crippen LogP contribution in [0.1, 0.15) is 31.1 Å². The highest BCUT2D eigenvalue weighted by Gasteiger charge is 2.34. The molecule has 2 aromatic rings. The number of aliphatic hydroxyl groups is 1. The molecule has 0 spiro atoms. The molecule has 0 saturated carbocycles. The lowest BCUT2D eigenvalue weighted by molar-refractivity contribution is -0.129. The predicted molar refractivity (Wildman–Crippen MR) is 112 cm³/mol. The first-order chi connectivity index (χ1) is 14.3. The van der Waals surface area contributed by atoms with Gasteiger partial charge in [0.05, 0.1) is 19.2 Å². The molecule has 1 aliphatic rings. The van der Waals surface area contributed by atoms with Crippen molar-refractivity contribution in [2.45, 2.75) is 32.9 Å². The van der Waals surface area contributed by atoms with Crippen molar-refractivity contribution in [3.8, 4) is 17.0 Å². The van der Waals surface area contributed by atoms with E-state index in [0.717, 1.165) is 11.1 Å². The third-order valence-electron chi connectivity index (χ3n) is 5.51. The fraction of sp³-hybridized carbons (Fsp3) is 0.455. The molecule has 160 valence electrons. The number of pyridine rings is 2. The number of aliphatic hydroxyl groups excluding tert-OH is 1. The Morgan fingerprint density at radius 3 is 2.80 bits per heavy atom. The molecule has 0 aromatic carbocycles. The first-order valence-electron chi connectivity index (χ1n) is 10.0. The van der Waals surface area contributed by atoms with Gasteiger partial charge in [-0.1, -0.05) is 13.0 Å². The molecular formula is C22H28N4O4. The standard InChI is InChI=1S/C22H28N4O4/c1-14-11-26(15(2)13-27)22(29)19-8-18(17-6-5-7-23-9-17)10-24-21(19)30-20(14)12-25(4)16(3)28/h5-10,14-15,20,27H,11-13H2,1-4H3/t14-,15+,20+/m1/s1. The summed E-state index contributed by atoms with van der Waals surface area (Å²) in [6.45, 7) is 5.90. The summed E-state index contributed by atoms with van der Waals surface area (Å²) in [5.74, 6) is -0.145. The molecule has 2 aromatic heterocycles. The van der Waals surface area contributed by atoms with Crippen molar-refractivity contribution in [1.29, 1.82) is 0 Å². The zero-order valence-corrected chi connectivity index (χ0v) is 17.8. The van der Waals surface area contributed by atoms with Crippen molar-refractivity contribution in [3.63, 3.8) is 0 Å². The Morgan fingerprint density at radius 1 is 1.40 bits per heavy atom. The maximum absolute atomic E-state index is 13.4. The van der Waals surface area contributed by atoms with Crippen LogP contribution in [0.2, 0.25) is 0 Å². The van der Waals surface area contributed by atoms with Crippen LogP contribution in [-0.2, 0) is 4.79 Å². The predicted octanol–water partition coefficient (Wildman–Crippen LogP) is 1.84. The quantitative estimate of drug-likeness (QED) is 0.805. The normalized spacial score (nSPS) is 19.9. The lowest BCUT2D eigenvalue weighted by Gasteiger charge is -2.37. The van der Waals surface area contributed by atoms with E-state index in [1.54, 1.807) is 41.5 Å². The number of nitrogens with zero attached hydrogens (tertiary/aromatic N) is 4. The van der Waals surface area contributed by atoms with E-state index in [-0.39, 0.29) is 42.4 Å². The number of fused-ring (bicyclic) bond motifs is 1. The zero-order chi connectivity index (χ0) is 21.8. The number of hydrogen-bond donors (Lipinski definition) is 1. The third-order valence-corrected chi connectivity index (χ3v) is 5.51. The number of carbonyl (C=O) groups is 2. The lowest BCUT2D eigenvalue weighted by atomic mass is 9.99. The van der Waals surface area contributed by atoms with Crippen LogP contribution in [0.4, 0.5) is 0 Å². The molecule has 0 aliphatic carbocycles. The summed E-state index contributed by atoms with van der Waals surface area (Å²) >= 11 is 0. The van der Waals surface area contributed by atoms with E-state index in [0.29, 0.717) is 18.7 Å². The van der Waals surface area contributed by atoms with Crippen LogP contribution in [0.5, 0.6) is 5.88 Å². The van der Waals surface area contributed by atoms with E-state index in [1.165, 1.54) is 6.92 Å². The second-order valence-corrected chi connectivity index (χ2v) is 7.84. The molecule has 3 rings (SSSR count). The number of hydrogen-bond acceptors (Lipinski definition) is 6. The second kappa shape index (κ2) is 9.21. The van der Waals surface area contributed by atoms with Crippen LogP contribution in [0.3, 0.4) is 0 Å². The molecule has 30 heavy (non-hydrogen) atoms.